The van der Waals surface area contributed by atoms with E-state index in [1.165, 1.54) is 7.11 Å². The molecule has 0 spiro atoms. The largest absolute Gasteiger partial charge is 0.465 e. The number of carbonyl (C=O) groups is 2. The highest BCUT2D eigenvalue weighted by molar-refractivity contribution is 6.15. The Bertz CT molecular complexity index is 630. The maximum atomic E-state index is 12.5. The van der Waals surface area contributed by atoms with Crippen LogP contribution in [0.3, 0.4) is 0 Å². The third-order valence-electron chi connectivity index (χ3n) is 2.93. The van der Waals surface area contributed by atoms with Crippen molar-refractivity contribution in [2.45, 2.75) is 13.8 Å². The van der Waals surface area contributed by atoms with Crippen LogP contribution in [0.2, 0.25) is 0 Å². The van der Waals surface area contributed by atoms with Crippen molar-refractivity contribution in [3.05, 3.63) is 52.6 Å². The van der Waals surface area contributed by atoms with Gasteiger partial charge in [-0.15, -0.1) is 0 Å². The second-order valence-corrected chi connectivity index (χ2v) is 4.18. The van der Waals surface area contributed by atoms with E-state index in [0.717, 1.165) is 0 Å². The fourth-order valence-corrected chi connectivity index (χ4v) is 2.07. The zero-order valence-corrected chi connectivity index (χ0v) is 11.0. The van der Waals surface area contributed by atoms with Crippen molar-refractivity contribution in [3.8, 4) is 0 Å². The molecule has 0 radical (unpaired) electrons. The number of aromatic nitrogens is 2. The second-order valence-electron chi connectivity index (χ2n) is 4.18. The first-order valence-electron chi connectivity index (χ1n) is 5.78. The van der Waals surface area contributed by atoms with Gasteiger partial charge < -0.3 is 9.72 Å². The average Bonchev–Trinajstić information content (AvgIpc) is 2.72. The Morgan fingerprint density at radius 2 is 1.68 bits per heavy atom. The quantitative estimate of drug-likeness (QED) is 0.675. The van der Waals surface area contributed by atoms with E-state index in [9.17, 15) is 9.59 Å². The Hall–Kier alpha value is -2.43. The van der Waals surface area contributed by atoms with Crippen LogP contribution < -0.4 is 0 Å². The number of ketones is 1. The summed E-state index contributed by atoms with van der Waals surface area (Å²) in [5, 5.41) is 0. The van der Waals surface area contributed by atoms with Crippen molar-refractivity contribution in [2.75, 3.05) is 7.11 Å². The number of hydrogen-bond acceptors (Lipinski definition) is 4. The molecule has 1 N–H and O–H groups in total. The second kappa shape index (κ2) is 5.06. The van der Waals surface area contributed by atoms with Gasteiger partial charge in [-0.1, -0.05) is 0 Å². The smallest absolute Gasteiger partial charge is 0.340 e. The third-order valence-corrected chi connectivity index (χ3v) is 2.93. The number of methoxy groups -OCH3 is 1. The fraction of sp³-hybridized carbons (Fsp3) is 0.214. The van der Waals surface area contributed by atoms with Crippen LogP contribution in [0, 0.1) is 13.8 Å². The zero-order chi connectivity index (χ0) is 14.0. The summed E-state index contributed by atoms with van der Waals surface area (Å²) in [5.74, 6) is -0.732. The molecule has 2 aromatic rings. The normalized spacial score (nSPS) is 10.3. The number of esters is 1. The van der Waals surface area contributed by atoms with Gasteiger partial charge in [0.2, 0.25) is 0 Å². The van der Waals surface area contributed by atoms with Crippen molar-refractivity contribution in [3.63, 3.8) is 0 Å². The lowest BCUT2D eigenvalue weighted by atomic mass is 10.00. The summed E-state index contributed by atoms with van der Waals surface area (Å²) < 4.78 is 4.73. The van der Waals surface area contributed by atoms with Crippen molar-refractivity contribution in [1.82, 2.24) is 9.97 Å². The third kappa shape index (κ3) is 2.27. The van der Waals surface area contributed by atoms with Gasteiger partial charge in [0, 0.05) is 29.3 Å². The fourth-order valence-electron chi connectivity index (χ4n) is 2.07. The van der Waals surface area contributed by atoms with E-state index in [1.807, 2.05) is 0 Å². The number of ether oxygens (including phenoxy) is 1. The summed E-state index contributed by atoms with van der Waals surface area (Å²) >= 11 is 0. The van der Waals surface area contributed by atoms with Crippen molar-refractivity contribution in [2.24, 2.45) is 0 Å². The van der Waals surface area contributed by atoms with Gasteiger partial charge in [0.15, 0.2) is 5.78 Å². The van der Waals surface area contributed by atoms with Gasteiger partial charge >= 0.3 is 5.97 Å². The molecule has 2 aromatic heterocycles. The Balaban J connectivity index is 2.57. The van der Waals surface area contributed by atoms with Crippen LogP contribution in [0.1, 0.15) is 37.7 Å². The van der Waals surface area contributed by atoms with Gasteiger partial charge in [0.05, 0.1) is 18.2 Å². The first kappa shape index (κ1) is 13.0. The summed E-state index contributed by atoms with van der Waals surface area (Å²) in [6.07, 6.45) is 3.08. The molecule has 0 aromatic carbocycles. The lowest BCUT2D eigenvalue weighted by molar-refractivity contribution is 0.0597. The minimum absolute atomic E-state index is 0.218. The molecule has 0 saturated carbocycles. The van der Waals surface area contributed by atoms with E-state index in [0.29, 0.717) is 28.1 Å². The Morgan fingerprint density at radius 1 is 1.11 bits per heavy atom. The molecular weight excluding hydrogens is 244 g/mol. The summed E-state index contributed by atoms with van der Waals surface area (Å²) in [4.78, 5) is 31.1. The molecule has 0 bridgehead atoms. The number of H-pyrrole nitrogens is 1. The van der Waals surface area contributed by atoms with Crippen LogP contribution in [-0.2, 0) is 4.74 Å². The van der Waals surface area contributed by atoms with Gasteiger partial charge in [0.25, 0.3) is 0 Å². The average molecular weight is 258 g/mol. The molecule has 98 valence electrons. The molecule has 0 aliphatic rings. The predicted molar refractivity (Wildman–Crippen MR) is 69.3 cm³/mol. The molecule has 0 aliphatic heterocycles. The van der Waals surface area contributed by atoms with E-state index in [-0.39, 0.29) is 5.78 Å². The molecule has 5 heteroatoms. The number of nitrogens with one attached hydrogen (secondary N) is 1. The van der Waals surface area contributed by atoms with Crippen LogP contribution in [0.15, 0.2) is 24.5 Å². The lowest BCUT2D eigenvalue weighted by Crippen LogP contribution is -2.11. The van der Waals surface area contributed by atoms with Crippen LogP contribution in [0.25, 0.3) is 0 Å². The van der Waals surface area contributed by atoms with Gasteiger partial charge in [-0.25, -0.2) is 4.79 Å². The predicted octanol–water partition coefficient (Wildman–Crippen LogP) is 2.04. The highest BCUT2D eigenvalue weighted by Crippen LogP contribution is 2.22. The zero-order valence-electron chi connectivity index (χ0n) is 11.0. The molecule has 0 saturated heterocycles. The van der Waals surface area contributed by atoms with Crippen molar-refractivity contribution >= 4 is 11.8 Å². The van der Waals surface area contributed by atoms with Crippen LogP contribution in [0.5, 0.6) is 0 Å². The van der Waals surface area contributed by atoms with Crippen LogP contribution in [0.4, 0.5) is 0 Å². The molecule has 0 unspecified atom stereocenters. The first-order valence-corrected chi connectivity index (χ1v) is 5.78. The van der Waals surface area contributed by atoms with Crippen molar-refractivity contribution < 1.29 is 14.3 Å². The molecule has 2 rings (SSSR count). The van der Waals surface area contributed by atoms with Crippen LogP contribution >= 0.6 is 0 Å². The highest BCUT2D eigenvalue weighted by Gasteiger charge is 2.25. The van der Waals surface area contributed by atoms with E-state index >= 15 is 0 Å². The van der Waals surface area contributed by atoms with Gasteiger partial charge in [-0.05, 0) is 26.0 Å². The van der Waals surface area contributed by atoms with E-state index in [4.69, 9.17) is 4.74 Å². The minimum atomic E-state index is -0.515. The molecule has 2 heterocycles. The first-order chi connectivity index (χ1) is 9.06. The van der Waals surface area contributed by atoms with Gasteiger partial charge in [-0.3, -0.25) is 9.78 Å². The van der Waals surface area contributed by atoms with Gasteiger partial charge in [0.1, 0.15) is 0 Å². The van der Waals surface area contributed by atoms with Gasteiger partial charge in [-0.2, -0.15) is 0 Å². The lowest BCUT2D eigenvalue weighted by Gasteiger charge is -2.04. The number of hydrogen-bond donors (Lipinski definition) is 1. The van der Waals surface area contributed by atoms with E-state index in [2.05, 4.69) is 9.97 Å². The number of pyridine rings is 1. The maximum absolute atomic E-state index is 12.5. The summed E-state index contributed by atoms with van der Waals surface area (Å²) in [6, 6.07) is 3.23. The molecule has 0 atom stereocenters. The Labute approximate surface area is 110 Å². The summed E-state index contributed by atoms with van der Waals surface area (Å²) in [7, 11) is 1.30. The van der Waals surface area contributed by atoms with E-state index < -0.39 is 5.97 Å². The molecule has 5 nitrogen and oxygen atoms in total. The highest BCUT2D eigenvalue weighted by atomic mass is 16.5. The van der Waals surface area contributed by atoms with Crippen LogP contribution in [-0.4, -0.2) is 28.8 Å². The summed E-state index contributed by atoms with van der Waals surface area (Å²) in [6.45, 7) is 3.50. The minimum Gasteiger partial charge on any atom is -0.465 e. The molecular formula is C14H14N2O3. The SMILES string of the molecule is COC(=O)c1c(C)[nH]c(C)c1C(=O)c1ccncc1. The topological polar surface area (TPSA) is 72.1 Å². The molecule has 0 amide bonds. The number of carbonyl (C=O) groups excluding carboxylic acids is 2. The molecule has 0 aliphatic carbocycles. The number of aryl methyl sites for hydroxylation is 2. The number of nitrogens with zero attached hydrogens (tertiary/aromatic N) is 1. The van der Waals surface area contributed by atoms with Crippen molar-refractivity contribution in [1.29, 1.82) is 0 Å². The standard InChI is InChI=1S/C14H14N2O3/c1-8-11(12(9(2)16-8)14(18)19-3)13(17)10-4-6-15-7-5-10/h4-7,16H,1-3H3. The Kier molecular flexibility index (Phi) is 3.46. The Morgan fingerprint density at radius 3 is 2.26 bits per heavy atom. The number of rotatable bonds is 3. The monoisotopic (exact) mass is 258 g/mol. The molecule has 19 heavy (non-hydrogen) atoms. The van der Waals surface area contributed by atoms with E-state index in [1.54, 1.807) is 38.4 Å². The maximum Gasteiger partial charge on any atom is 0.340 e. The number of aromatic amines is 1. The summed E-state index contributed by atoms with van der Waals surface area (Å²) in [5.41, 5.74) is 2.42. The molecule has 0 fully saturated rings.